The zero-order chi connectivity index (χ0) is 13.8. The van der Waals surface area contributed by atoms with Gasteiger partial charge in [0.25, 0.3) is 5.69 Å². The Morgan fingerprint density at radius 3 is 2.74 bits per heavy atom. The van der Waals surface area contributed by atoms with Crippen LogP contribution in [0.5, 0.6) is 11.6 Å². The van der Waals surface area contributed by atoms with Gasteiger partial charge in [-0.05, 0) is 13.0 Å². The molecular weight excluding hydrogens is 248 g/mol. The molecule has 0 radical (unpaired) electrons. The van der Waals surface area contributed by atoms with Crippen molar-refractivity contribution >= 4 is 5.69 Å². The second-order valence-corrected chi connectivity index (χ2v) is 3.61. The molecule has 0 aliphatic heterocycles. The molecule has 2 rings (SSSR count). The van der Waals surface area contributed by atoms with Crippen molar-refractivity contribution in [1.82, 2.24) is 9.97 Å². The summed E-state index contributed by atoms with van der Waals surface area (Å²) in [6.45, 7) is 1.59. The van der Waals surface area contributed by atoms with Gasteiger partial charge in [-0.15, -0.1) is 0 Å². The Hall–Kier alpha value is -3.01. The Labute approximate surface area is 108 Å². The van der Waals surface area contributed by atoms with Gasteiger partial charge in [-0.3, -0.25) is 10.1 Å². The molecule has 0 aliphatic rings. The summed E-state index contributed by atoms with van der Waals surface area (Å²) < 4.78 is 5.41. The number of hydrogen-bond donors (Lipinski definition) is 0. The van der Waals surface area contributed by atoms with E-state index >= 15 is 0 Å². The zero-order valence-corrected chi connectivity index (χ0v) is 9.90. The molecule has 94 valence electrons. The molecule has 7 heteroatoms. The molecule has 2 aromatic rings. The molecule has 0 saturated heterocycles. The van der Waals surface area contributed by atoms with Gasteiger partial charge in [-0.2, -0.15) is 5.26 Å². The topological polar surface area (TPSA) is 102 Å². The Morgan fingerprint density at radius 1 is 1.37 bits per heavy atom. The summed E-state index contributed by atoms with van der Waals surface area (Å²) in [7, 11) is 0. The first-order chi connectivity index (χ1) is 9.11. The normalized spacial score (nSPS) is 9.68. The van der Waals surface area contributed by atoms with Crippen LogP contribution >= 0.6 is 0 Å². The lowest BCUT2D eigenvalue weighted by Gasteiger charge is -2.07. The highest BCUT2D eigenvalue weighted by Gasteiger charge is 2.14. The minimum absolute atomic E-state index is 0.0286. The fourth-order valence-corrected chi connectivity index (χ4v) is 1.45. The van der Waals surface area contributed by atoms with Crippen molar-refractivity contribution in [2.75, 3.05) is 0 Å². The van der Waals surface area contributed by atoms with E-state index in [2.05, 4.69) is 9.97 Å². The summed E-state index contributed by atoms with van der Waals surface area (Å²) in [5, 5.41) is 19.4. The van der Waals surface area contributed by atoms with E-state index in [1.165, 1.54) is 24.5 Å². The molecule has 0 atom stereocenters. The summed E-state index contributed by atoms with van der Waals surface area (Å²) in [5.74, 6) is 0.496. The van der Waals surface area contributed by atoms with Crippen molar-refractivity contribution in [3.05, 3.63) is 52.0 Å². The zero-order valence-electron chi connectivity index (χ0n) is 9.90. The van der Waals surface area contributed by atoms with Crippen molar-refractivity contribution < 1.29 is 9.66 Å². The number of benzene rings is 1. The van der Waals surface area contributed by atoms with Gasteiger partial charge in [-0.1, -0.05) is 6.07 Å². The quantitative estimate of drug-likeness (QED) is 0.617. The number of aromatic nitrogens is 2. The molecule has 0 saturated carbocycles. The second kappa shape index (κ2) is 5.10. The lowest BCUT2D eigenvalue weighted by molar-refractivity contribution is -0.385. The molecule has 19 heavy (non-hydrogen) atoms. The molecule has 1 aromatic heterocycles. The van der Waals surface area contributed by atoms with E-state index in [4.69, 9.17) is 10.00 Å². The molecule has 1 aromatic carbocycles. The van der Waals surface area contributed by atoms with Crippen molar-refractivity contribution in [3.63, 3.8) is 0 Å². The van der Waals surface area contributed by atoms with Gasteiger partial charge in [-0.25, -0.2) is 9.97 Å². The average Bonchev–Trinajstić information content (AvgIpc) is 2.41. The fraction of sp³-hybridized carbons (Fsp3) is 0.0833. The van der Waals surface area contributed by atoms with E-state index in [9.17, 15) is 10.1 Å². The number of ether oxygens (including phenoxy) is 1. The number of nitro groups is 1. The molecule has 0 fully saturated rings. The Kier molecular flexibility index (Phi) is 3.34. The third-order valence-electron chi connectivity index (χ3n) is 2.41. The van der Waals surface area contributed by atoms with E-state index in [1.807, 2.05) is 6.07 Å². The largest absolute Gasteiger partial charge is 0.437 e. The van der Waals surface area contributed by atoms with Gasteiger partial charge in [0.1, 0.15) is 11.8 Å². The maximum absolute atomic E-state index is 10.8. The van der Waals surface area contributed by atoms with Crippen LogP contribution in [0.4, 0.5) is 5.69 Å². The first-order valence-electron chi connectivity index (χ1n) is 5.26. The van der Waals surface area contributed by atoms with Gasteiger partial charge in [0, 0.05) is 6.07 Å². The van der Waals surface area contributed by atoms with Crippen LogP contribution in [0.25, 0.3) is 0 Å². The number of hydrogen-bond acceptors (Lipinski definition) is 6. The monoisotopic (exact) mass is 256 g/mol. The number of nitriles is 1. The fourth-order valence-electron chi connectivity index (χ4n) is 1.45. The summed E-state index contributed by atoms with van der Waals surface area (Å²) >= 11 is 0. The highest BCUT2D eigenvalue weighted by Crippen LogP contribution is 2.29. The second-order valence-electron chi connectivity index (χ2n) is 3.61. The van der Waals surface area contributed by atoms with E-state index in [0.29, 0.717) is 11.3 Å². The first kappa shape index (κ1) is 12.4. The lowest BCUT2D eigenvalue weighted by atomic mass is 10.2. The average molecular weight is 256 g/mol. The molecule has 1 heterocycles. The van der Waals surface area contributed by atoms with E-state index in [0.717, 1.165) is 0 Å². The van der Waals surface area contributed by atoms with Crippen molar-refractivity contribution in [2.24, 2.45) is 0 Å². The summed E-state index contributed by atoms with van der Waals surface area (Å²) in [6, 6.07) is 6.36. The van der Waals surface area contributed by atoms with Crippen molar-refractivity contribution in [2.45, 2.75) is 6.92 Å². The first-order valence-corrected chi connectivity index (χ1v) is 5.26. The van der Waals surface area contributed by atoms with Crippen LogP contribution in [0.15, 0.2) is 30.6 Å². The molecule has 7 nitrogen and oxygen atoms in total. The van der Waals surface area contributed by atoms with Gasteiger partial charge < -0.3 is 4.74 Å². The van der Waals surface area contributed by atoms with Crippen LogP contribution in [-0.4, -0.2) is 14.9 Å². The van der Waals surface area contributed by atoms with Crippen LogP contribution < -0.4 is 4.74 Å². The summed E-state index contributed by atoms with van der Waals surface area (Å²) in [5.41, 5.74) is 0.542. The van der Waals surface area contributed by atoms with E-state index < -0.39 is 4.92 Å². The molecule has 0 amide bonds. The molecular formula is C12H8N4O3. The maximum atomic E-state index is 10.8. The molecule has 0 aliphatic carbocycles. The highest BCUT2D eigenvalue weighted by molar-refractivity contribution is 5.49. The third-order valence-corrected chi connectivity index (χ3v) is 2.41. The van der Waals surface area contributed by atoms with Crippen molar-refractivity contribution in [1.29, 1.82) is 5.26 Å². The van der Waals surface area contributed by atoms with Crippen LogP contribution in [0.3, 0.4) is 0 Å². The maximum Gasteiger partial charge on any atom is 0.276 e. The minimum atomic E-state index is -0.480. The minimum Gasteiger partial charge on any atom is -0.437 e. The van der Waals surface area contributed by atoms with Crippen molar-refractivity contribution in [3.8, 4) is 17.7 Å². The summed E-state index contributed by atoms with van der Waals surface area (Å²) in [4.78, 5) is 18.0. The Bertz CT molecular complexity index is 662. The predicted molar refractivity (Wildman–Crippen MR) is 64.7 cm³/mol. The lowest BCUT2D eigenvalue weighted by Crippen LogP contribution is -1.96. The number of rotatable bonds is 3. The van der Waals surface area contributed by atoms with Crippen LogP contribution in [0.2, 0.25) is 0 Å². The Morgan fingerprint density at radius 2 is 2.16 bits per heavy atom. The molecule has 0 unspecified atom stereocenters. The number of nitro benzene ring substituents is 1. The van der Waals surface area contributed by atoms with Crippen LogP contribution in [0, 0.1) is 28.4 Å². The van der Waals surface area contributed by atoms with Gasteiger partial charge >= 0.3 is 0 Å². The predicted octanol–water partition coefficient (Wildman–Crippen LogP) is 2.36. The SMILES string of the molecule is Cc1c(Oc2cnc(C#N)cn2)cccc1[N+](=O)[O-]. The van der Waals surface area contributed by atoms with Crippen LogP contribution in [-0.2, 0) is 0 Å². The summed E-state index contributed by atoms with van der Waals surface area (Å²) in [6.07, 6.45) is 2.55. The van der Waals surface area contributed by atoms with Gasteiger partial charge in [0.15, 0.2) is 5.69 Å². The van der Waals surface area contributed by atoms with E-state index in [-0.39, 0.29) is 17.3 Å². The molecule has 0 N–H and O–H groups in total. The standard InChI is InChI=1S/C12H8N4O3/c1-8-10(16(17)18)3-2-4-11(8)19-12-7-14-9(5-13)6-15-12/h2-4,6-7H,1H3. The smallest absolute Gasteiger partial charge is 0.276 e. The van der Waals surface area contributed by atoms with Gasteiger partial charge in [0.05, 0.1) is 22.9 Å². The molecule has 0 spiro atoms. The van der Waals surface area contributed by atoms with Crippen LogP contribution in [0.1, 0.15) is 11.3 Å². The van der Waals surface area contributed by atoms with Gasteiger partial charge in [0.2, 0.25) is 5.88 Å². The number of nitrogens with zero attached hydrogens (tertiary/aromatic N) is 4. The highest BCUT2D eigenvalue weighted by atomic mass is 16.6. The van der Waals surface area contributed by atoms with E-state index in [1.54, 1.807) is 13.0 Å². The third kappa shape index (κ3) is 2.63. The Balaban J connectivity index is 2.30. The molecule has 0 bridgehead atoms.